The molecule has 0 aliphatic rings. The summed E-state index contributed by atoms with van der Waals surface area (Å²) < 4.78 is -1.12. The molecule has 0 fully saturated rings. The van der Waals surface area contributed by atoms with Gasteiger partial charge in [0.2, 0.25) is 0 Å². The molecular formula is C4H6Cl4. The molecule has 0 aromatic heterocycles. The molecule has 0 aromatic rings. The first-order valence-corrected chi connectivity index (χ1v) is 3.86. The van der Waals surface area contributed by atoms with Gasteiger partial charge in [0.1, 0.15) is 0 Å². The van der Waals surface area contributed by atoms with Gasteiger partial charge in [-0.05, 0) is 12.8 Å². The van der Waals surface area contributed by atoms with Gasteiger partial charge in [-0.15, -0.1) is 11.6 Å². The topological polar surface area (TPSA) is 0 Å². The molecule has 0 unspecified atom stereocenters. The summed E-state index contributed by atoms with van der Waals surface area (Å²) in [5.74, 6) is 0.550. The number of hydrogen-bond acceptors (Lipinski definition) is 0. The average Bonchev–Trinajstić information content (AvgIpc) is 1.59. The quantitative estimate of drug-likeness (QED) is 0.593. The fourth-order valence-corrected chi connectivity index (χ4v) is 0.802. The maximum atomic E-state index is 5.38. The van der Waals surface area contributed by atoms with Crippen molar-refractivity contribution in [1.29, 1.82) is 0 Å². The molecule has 0 atom stereocenters. The van der Waals surface area contributed by atoms with Gasteiger partial charge >= 0.3 is 0 Å². The first-order valence-electron chi connectivity index (χ1n) is 2.19. The van der Waals surface area contributed by atoms with Crippen LogP contribution in [0.15, 0.2) is 0 Å². The average molecular weight is 196 g/mol. The minimum Gasteiger partial charge on any atom is -0.127 e. The normalized spacial score (nSPS) is 12.0. The van der Waals surface area contributed by atoms with Gasteiger partial charge in [0.05, 0.1) is 0 Å². The Morgan fingerprint density at radius 1 is 1.12 bits per heavy atom. The van der Waals surface area contributed by atoms with Crippen LogP contribution in [0.2, 0.25) is 0 Å². The molecule has 50 valence electrons. The minimum absolute atomic E-state index is 0.529. The third-order valence-corrected chi connectivity index (χ3v) is 1.43. The highest BCUT2D eigenvalue weighted by Crippen LogP contribution is 2.31. The molecule has 0 spiro atoms. The Balaban J connectivity index is 3.11. The Labute approximate surface area is 69.0 Å². The Morgan fingerprint density at radius 2 is 1.62 bits per heavy atom. The molecule has 0 rings (SSSR count). The molecule has 8 heavy (non-hydrogen) atoms. The van der Waals surface area contributed by atoms with Crippen molar-refractivity contribution in [3.8, 4) is 0 Å². The van der Waals surface area contributed by atoms with Crippen molar-refractivity contribution in [3.63, 3.8) is 0 Å². The molecular weight excluding hydrogens is 190 g/mol. The molecule has 4 heteroatoms. The summed E-state index contributed by atoms with van der Waals surface area (Å²) in [5, 5.41) is 0. The van der Waals surface area contributed by atoms with Gasteiger partial charge in [0.15, 0.2) is 3.79 Å². The van der Waals surface area contributed by atoms with E-state index in [9.17, 15) is 0 Å². The zero-order valence-corrected chi connectivity index (χ0v) is 7.16. The van der Waals surface area contributed by atoms with Gasteiger partial charge in [-0.1, -0.05) is 34.8 Å². The summed E-state index contributed by atoms with van der Waals surface area (Å²) in [6, 6.07) is 0. The van der Waals surface area contributed by atoms with Crippen LogP contribution >= 0.6 is 46.4 Å². The van der Waals surface area contributed by atoms with E-state index >= 15 is 0 Å². The Hall–Kier alpha value is 1.16. The van der Waals surface area contributed by atoms with E-state index in [1.54, 1.807) is 0 Å². The summed E-state index contributed by atoms with van der Waals surface area (Å²) in [4.78, 5) is 0. The van der Waals surface area contributed by atoms with Gasteiger partial charge in [-0.3, -0.25) is 0 Å². The van der Waals surface area contributed by atoms with E-state index in [0.717, 1.165) is 6.42 Å². The van der Waals surface area contributed by atoms with E-state index in [1.807, 2.05) is 0 Å². The van der Waals surface area contributed by atoms with Crippen LogP contribution in [0.1, 0.15) is 12.8 Å². The summed E-state index contributed by atoms with van der Waals surface area (Å²) in [6.45, 7) is 0. The first kappa shape index (κ1) is 9.16. The number of rotatable bonds is 2. The Morgan fingerprint density at radius 3 is 1.75 bits per heavy atom. The molecule has 0 aliphatic carbocycles. The van der Waals surface area contributed by atoms with E-state index in [2.05, 4.69) is 0 Å². The summed E-state index contributed by atoms with van der Waals surface area (Å²) in [7, 11) is 0. The molecule has 0 radical (unpaired) electrons. The Kier molecular flexibility index (Phi) is 4.64. The summed E-state index contributed by atoms with van der Waals surface area (Å²) >= 11 is 21.5. The van der Waals surface area contributed by atoms with Crippen molar-refractivity contribution in [1.82, 2.24) is 0 Å². The lowest BCUT2D eigenvalue weighted by atomic mass is 10.4. The molecule has 0 bridgehead atoms. The monoisotopic (exact) mass is 194 g/mol. The lowest BCUT2D eigenvalue weighted by molar-refractivity contribution is 0.828. The van der Waals surface area contributed by atoms with Crippen molar-refractivity contribution >= 4 is 46.4 Å². The van der Waals surface area contributed by atoms with Crippen LogP contribution in [-0.2, 0) is 0 Å². The van der Waals surface area contributed by atoms with Crippen LogP contribution in [0.25, 0.3) is 0 Å². The second-order valence-electron chi connectivity index (χ2n) is 1.41. The lowest BCUT2D eigenvalue weighted by Crippen LogP contribution is -2.00. The van der Waals surface area contributed by atoms with Crippen LogP contribution in [0.3, 0.4) is 0 Å². The SMILES string of the molecule is ClCCCC(Cl)(Cl)Cl. The lowest BCUT2D eigenvalue weighted by Gasteiger charge is -2.06. The van der Waals surface area contributed by atoms with E-state index in [0.29, 0.717) is 12.3 Å². The van der Waals surface area contributed by atoms with Gasteiger partial charge in [0.25, 0.3) is 0 Å². The molecule has 0 amide bonds. The second kappa shape index (κ2) is 4.05. The fourth-order valence-electron chi connectivity index (χ4n) is 0.267. The Bertz CT molecular complexity index is 55.5. The van der Waals surface area contributed by atoms with Gasteiger partial charge in [-0.2, -0.15) is 0 Å². The largest absolute Gasteiger partial charge is 0.190 e. The third kappa shape index (κ3) is 7.16. The number of halogens is 4. The molecule has 0 saturated carbocycles. The molecule has 0 heterocycles. The molecule has 0 nitrogen and oxygen atoms in total. The smallest absolute Gasteiger partial charge is 0.127 e. The molecule has 0 aliphatic heterocycles. The standard InChI is InChI=1S/C4H6Cl4/c5-3-1-2-4(6,7)8/h1-3H2. The van der Waals surface area contributed by atoms with Gasteiger partial charge in [0, 0.05) is 5.88 Å². The van der Waals surface area contributed by atoms with Crippen molar-refractivity contribution in [2.75, 3.05) is 5.88 Å². The van der Waals surface area contributed by atoms with Gasteiger partial charge in [-0.25, -0.2) is 0 Å². The first-order chi connectivity index (χ1) is 3.56. The summed E-state index contributed by atoms with van der Waals surface area (Å²) in [6.07, 6.45) is 1.28. The zero-order valence-electron chi connectivity index (χ0n) is 4.13. The highest BCUT2D eigenvalue weighted by molar-refractivity contribution is 6.67. The van der Waals surface area contributed by atoms with E-state index in [4.69, 9.17) is 46.4 Å². The zero-order chi connectivity index (χ0) is 6.62. The van der Waals surface area contributed by atoms with E-state index in [1.165, 1.54) is 0 Å². The van der Waals surface area contributed by atoms with Crippen LogP contribution < -0.4 is 0 Å². The van der Waals surface area contributed by atoms with Crippen LogP contribution in [-0.4, -0.2) is 9.67 Å². The maximum Gasteiger partial charge on any atom is 0.190 e. The van der Waals surface area contributed by atoms with Crippen LogP contribution in [0, 0.1) is 0 Å². The van der Waals surface area contributed by atoms with Crippen LogP contribution in [0.4, 0.5) is 0 Å². The summed E-state index contributed by atoms with van der Waals surface area (Å²) in [5.41, 5.74) is 0. The molecule has 0 aromatic carbocycles. The highest BCUT2D eigenvalue weighted by Gasteiger charge is 2.17. The maximum absolute atomic E-state index is 5.38. The van der Waals surface area contributed by atoms with Crippen molar-refractivity contribution in [3.05, 3.63) is 0 Å². The third-order valence-electron chi connectivity index (χ3n) is 0.594. The predicted molar refractivity (Wildman–Crippen MR) is 40.2 cm³/mol. The number of hydrogen-bond donors (Lipinski definition) is 0. The van der Waals surface area contributed by atoms with Crippen molar-refractivity contribution in [2.24, 2.45) is 0 Å². The number of alkyl halides is 4. The predicted octanol–water partition coefficient (Wildman–Crippen LogP) is 3.38. The fraction of sp³-hybridized carbons (Fsp3) is 1.00. The highest BCUT2D eigenvalue weighted by atomic mass is 35.6. The van der Waals surface area contributed by atoms with E-state index < -0.39 is 3.79 Å². The van der Waals surface area contributed by atoms with Gasteiger partial charge < -0.3 is 0 Å². The van der Waals surface area contributed by atoms with Crippen molar-refractivity contribution < 1.29 is 0 Å². The second-order valence-corrected chi connectivity index (χ2v) is 4.30. The van der Waals surface area contributed by atoms with E-state index in [-0.39, 0.29) is 0 Å². The van der Waals surface area contributed by atoms with Crippen LogP contribution in [0.5, 0.6) is 0 Å². The molecule has 0 N–H and O–H groups in total. The molecule has 0 saturated heterocycles. The minimum atomic E-state index is -1.12. The van der Waals surface area contributed by atoms with Crippen molar-refractivity contribution in [2.45, 2.75) is 16.6 Å².